The van der Waals surface area contributed by atoms with Gasteiger partial charge in [0.05, 0.1) is 16.7 Å². The lowest BCUT2D eigenvalue weighted by Gasteiger charge is -2.17. The number of nitrogens with zero attached hydrogens (tertiary/aromatic N) is 3. The van der Waals surface area contributed by atoms with Crippen molar-refractivity contribution < 1.29 is 23.1 Å². The first-order valence-electron chi connectivity index (χ1n) is 9.60. The molecule has 2 heterocycles. The summed E-state index contributed by atoms with van der Waals surface area (Å²) in [6.07, 6.45) is -2.61. The number of aliphatic hydroxyl groups is 1. The first-order chi connectivity index (χ1) is 14.4. The highest BCUT2D eigenvalue weighted by atomic mass is 19.4. The average molecular weight is 430 g/mol. The van der Waals surface area contributed by atoms with Crippen molar-refractivity contribution in [3.63, 3.8) is 0 Å². The zero-order valence-electron chi connectivity index (χ0n) is 17.2. The summed E-state index contributed by atoms with van der Waals surface area (Å²) in [4.78, 5) is 12.5. The lowest BCUT2D eigenvalue weighted by atomic mass is 10.1. The van der Waals surface area contributed by atoms with E-state index in [1.54, 1.807) is 54.5 Å². The normalized spacial score (nSPS) is 12.6. The fourth-order valence-electron chi connectivity index (χ4n) is 3.49. The zero-order chi connectivity index (χ0) is 22.6. The van der Waals surface area contributed by atoms with E-state index in [1.807, 2.05) is 0 Å². The number of nitrogens with one attached hydrogen (secondary N) is 1. The molecule has 0 saturated carbocycles. The number of fused-ring (bicyclic) bond motifs is 3. The molecular weight excluding hydrogens is 409 g/mol. The number of halogens is 3. The highest BCUT2D eigenvalue weighted by Crippen LogP contribution is 2.34. The van der Waals surface area contributed by atoms with Gasteiger partial charge in [-0.25, -0.2) is 0 Å². The molecule has 162 valence electrons. The van der Waals surface area contributed by atoms with Crippen molar-refractivity contribution in [2.75, 3.05) is 6.54 Å². The number of hydrogen-bond acceptors (Lipinski definition) is 3. The van der Waals surface area contributed by atoms with Crippen molar-refractivity contribution in [1.82, 2.24) is 19.7 Å². The van der Waals surface area contributed by atoms with Crippen LogP contribution >= 0.6 is 0 Å². The van der Waals surface area contributed by atoms with Gasteiger partial charge in [0, 0.05) is 41.8 Å². The Kier molecular flexibility index (Phi) is 4.81. The summed E-state index contributed by atoms with van der Waals surface area (Å²) in [7, 11) is 1.75. The van der Waals surface area contributed by atoms with Gasteiger partial charge in [0.15, 0.2) is 5.65 Å². The van der Waals surface area contributed by atoms with Gasteiger partial charge in [-0.3, -0.25) is 14.0 Å². The van der Waals surface area contributed by atoms with E-state index >= 15 is 0 Å². The maximum Gasteiger partial charge on any atom is 0.416 e. The van der Waals surface area contributed by atoms with E-state index in [9.17, 15) is 23.1 Å². The molecule has 2 aromatic carbocycles. The van der Waals surface area contributed by atoms with Crippen LogP contribution in [-0.4, -0.2) is 37.5 Å². The minimum absolute atomic E-state index is 0.0960. The third kappa shape index (κ3) is 4.00. The third-order valence-corrected chi connectivity index (χ3v) is 4.95. The van der Waals surface area contributed by atoms with Crippen LogP contribution in [0.5, 0.6) is 0 Å². The number of amides is 1. The lowest BCUT2D eigenvalue weighted by molar-refractivity contribution is -0.137. The SMILES string of the molecule is Cn1cc2c3cc(C(=O)NCC(C)(C)O)ccc3n(-c3ccc(C(F)(F)F)cc3)c2n1. The number of rotatable bonds is 4. The van der Waals surface area contributed by atoms with Gasteiger partial charge in [0.2, 0.25) is 0 Å². The van der Waals surface area contributed by atoms with Gasteiger partial charge in [0.25, 0.3) is 5.91 Å². The second-order valence-corrected chi connectivity index (χ2v) is 8.15. The van der Waals surface area contributed by atoms with Gasteiger partial charge in [-0.2, -0.15) is 18.3 Å². The Labute approximate surface area is 175 Å². The van der Waals surface area contributed by atoms with Crippen LogP contribution in [0.3, 0.4) is 0 Å². The van der Waals surface area contributed by atoms with Crippen LogP contribution in [0.2, 0.25) is 0 Å². The van der Waals surface area contributed by atoms with E-state index in [4.69, 9.17) is 0 Å². The number of carbonyl (C=O) groups excluding carboxylic acids is 1. The van der Waals surface area contributed by atoms with E-state index in [-0.39, 0.29) is 12.5 Å². The molecule has 9 heteroatoms. The number of carbonyl (C=O) groups is 1. The number of alkyl halides is 3. The van der Waals surface area contributed by atoms with Crippen LogP contribution in [0.15, 0.2) is 48.7 Å². The van der Waals surface area contributed by atoms with Crippen LogP contribution in [0.25, 0.3) is 27.6 Å². The molecule has 0 spiro atoms. The van der Waals surface area contributed by atoms with Gasteiger partial charge in [-0.15, -0.1) is 0 Å². The van der Waals surface area contributed by atoms with Gasteiger partial charge >= 0.3 is 6.18 Å². The van der Waals surface area contributed by atoms with Crippen molar-refractivity contribution in [3.8, 4) is 5.69 Å². The van der Waals surface area contributed by atoms with E-state index in [2.05, 4.69) is 10.4 Å². The number of hydrogen-bond donors (Lipinski definition) is 2. The molecular formula is C22H21F3N4O2. The van der Waals surface area contributed by atoms with E-state index < -0.39 is 17.3 Å². The second kappa shape index (κ2) is 7.12. The Balaban J connectivity index is 1.82. The molecule has 0 aliphatic heterocycles. The lowest BCUT2D eigenvalue weighted by Crippen LogP contribution is -2.38. The first kappa shape index (κ1) is 20.9. The third-order valence-electron chi connectivity index (χ3n) is 4.95. The van der Waals surface area contributed by atoms with Crippen molar-refractivity contribution in [2.45, 2.75) is 25.6 Å². The Bertz CT molecular complexity index is 1280. The molecule has 6 nitrogen and oxygen atoms in total. The van der Waals surface area contributed by atoms with Crippen LogP contribution in [-0.2, 0) is 13.2 Å². The minimum atomic E-state index is -4.41. The highest BCUT2D eigenvalue weighted by molar-refractivity contribution is 6.10. The van der Waals surface area contributed by atoms with Gasteiger partial charge < -0.3 is 10.4 Å². The van der Waals surface area contributed by atoms with E-state index in [0.717, 1.165) is 28.4 Å². The highest BCUT2D eigenvalue weighted by Gasteiger charge is 2.30. The topological polar surface area (TPSA) is 72.1 Å². The monoisotopic (exact) mass is 430 g/mol. The maximum absolute atomic E-state index is 13.0. The molecule has 0 unspecified atom stereocenters. The van der Waals surface area contributed by atoms with Gasteiger partial charge in [-0.1, -0.05) is 0 Å². The molecule has 2 aromatic heterocycles. The predicted octanol–water partition coefficient (Wildman–Crippen LogP) is 4.04. The summed E-state index contributed by atoms with van der Waals surface area (Å²) in [5.41, 5.74) is 0.472. The fourth-order valence-corrected chi connectivity index (χ4v) is 3.49. The van der Waals surface area contributed by atoms with Crippen molar-refractivity contribution in [2.24, 2.45) is 7.05 Å². The standard InChI is InChI=1S/C22H21F3N4O2/c1-21(2,31)12-26-20(30)13-4-9-18-16(10-13)17-11-28(3)27-19(17)29(18)15-7-5-14(6-8-15)22(23,24)25/h4-11,31H,12H2,1-3H3,(H,26,30). The van der Waals surface area contributed by atoms with Crippen LogP contribution < -0.4 is 5.32 Å². The predicted molar refractivity (Wildman–Crippen MR) is 111 cm³/mol. The number of aromatic nitrogens is 3. The van der Waals surface area contributed by atoms with Crippen LogP contribution in [0.1, 0.15) is 29.8 Å². The Hall–Kier alpha value is -3.33. The molecule has 4 aromatic rings. The summed E-state index contributed by atoms with van der Waals surface area (Å²) in [6, 6.07) is 9.98. The molecule has 0 aliphatic rings. The molecule has 1 amide bonds. The van der Waals surface area contributed by atoms with E-state index in [0.29, 0.717) is 16.9 Å². The summed E-state index contributed by atoms with van der Waals surface area (Å²) < 4.78 is 42.2. The first-order valence-corrected chi connectivity index (χ1v) is 9.60. The van der Waals surface area contributed by atoms with Gasteiger partial charge in [0.1, 0.15) is 0 Å². The summed E-state index contributed by atoms with van der Waals surface area (Å²) in [5, 5.41) is 18.5. The molecule has 0 radical (unpaired) electrons. The molecule has 31 heavy (non-hydrogen) atoms. The maximum atomic E-state index is 13.0. The van der Waals surface area contributed by atoms with Crippen molar-refractivity contribution >= 4 is 27.8 Å². The zero-order valence-corrected chi connectivity index (χ0v) is 17.2. The van der Waals surface area contributed by atoms with Crippen molar-refractivity contribution in [1.29, 1.82) is 0 Å². The largest absolute Gasteiger partial charge is 0.416 e. The molecule has 0 atom stereocenters. The molecule has 2 N–H and O–H groups in total. The Morgan fingerprint density at radius 2 is 1.77 bits per heavy atom. The number of benzene rings is 2. The van der Waals surface area contributed by atoms with Crippen LogP contribution in [0.4, 0.5) is 13.2 Å². The Morgan fingerprint density at radius 1 is 1.10 bits per heavy atom. The molecule has 0 saturated heterocycles. The minimum Gasteiger partial charge on any atom is -0.389 e. The van der Waals surface area contributed by atoms with Crippen molar-refractivity contribution in [3.05, 3.63) is 59.8 Å². The summed E-state index contributed by atoms with van der Waals surface area (Å²) >= 11 is 0. The quantitative estimate of drug-likeness (QED) is 0.513. The summed E-state index contributed by atoms with van der Waals surface area (Å²) in [5.74, 6) is -0.330. The average Bonchev–Trinajstić information content (AvgIpc) is 3.19. The van der Waals surface area contributed by atoms with E-state index in [1.165, 1.54) is 12.1 Å². The fraction of sp³-hybridized carbons (Fsp3) is 0.273. The van der Waals surface area contributed by atoms with Crippen LogP contribution in [0, 0.1) is 0 Å². The molecule has 4 rings (SSSR count). The summed E-state index contributed by atoms with van der Waals surface area (Å²) in [6.45, 7) is 3.29. The second-order valence-electron chi connectivity index (χ2n) is 8.15. The molecule has 0 aliphatic carbocycles. The smallest absolute Gasteiger partial charge is 0.389 e. The molecule has 0 fully saturated rings. The molecule has 0 bridgehead atoms. The van der Waals surface area contributed by atoms with Gasteiger partial charge in [-0.05, 0) is 56.3 Å². The Morgan fingerprint density at radius 3 is 2.39 bits per heavy atom. The number of aryl methyl sites for hydroxylation is 1.